The molecule has 0 fully saturated rings. The number of nitrogens with zero attached hydrogens (tertiary/aromatic N) is 1. The second-order valence-electron chi connectivity index (χ2n) is 4.82. The molecule has 0 unspecified atom stereocenters. The number of sulfonamides is 1. The number of benzene rings is 2. The van der Waals surface area contributed by atoms with E-state index in [9.17, 15) is 17.6 Å². The van der Waals surface area contributed by atoms with Crippen LogP contribution in [0, 0.1) is 17.1 Å². The molecule has 0 aliphatic carbocycles. The Labute approximate surface area is 143 Å². The number of primary sulfonamides is 1. The molecule has 2 aromatic carbocycles. The van der Waals surface area contributed by atoms with Crippen LogP contribution in [0.1, 0.15) is 0 Å². The molecule has 0 aromatic heterocycles. The highest BCUT2D eigenvalue weighted by Crippen LogP contribution is 2.15. The van der Waals surface area contributed by atoms with E-state index in [0.717, 1.165) is 6.20 Å². The molecule has 0 aliphatic heterocycles. The lowest BCUT2D eigenvalue weighted by Crippen LogP contribution is -2.15. The van der Waals surface area contributed by atoms with Gasteiger partial charge < -0.3 is 10.6 Å². The van der Waals surface area contributed by atoms with Gasteiger partial charge in [-0.15, -0.1) is 0 Å². The van der Waals surface area contributed by atoms with E-state index < -0.39 is 21.7 Å². The minimum Gasteiger partial charge on any atom is -0.358 e. The summed E-state index contributed by atoms with van der Waals surface area (Å²) in [4.78, 5) is 11.9. The Morgan fingerprint density at radius 2 is 1.80 bits per heavy atom. The van der Waals surface area contributed by atoms with Crippen molar-refractivity contribution in [3.63, 3.8) is 0 Å². The number of nitriles is 1. The van der Waals surface area contributed by atoms with E-state index in [1.54, 1.807) is 12.1 Å². The van der Waals surface area contributed by atoms with Gasteiger partial charge in [-0.05, 0) is 36.4 Å². The second-order valence-corrected chi connectivity index (χ2v) is 6.38. The van der Waals surface area contributed by atoms with Crippen LogP contribution in [0.4, 0.5) is 15.8 Å². The minimum absolute atomic E-state index is 0.109. The molecule has 0 spiro atoms. The number of hydrogen-bond acceptors (Lipinski definition) is 5. The van der Waals surface area contributed by atoms with Gasteiger partial charge in [0.1, 0.15) is 17.5 Å². The van der Waals surface area contributed by atoms with Crippen LogP contribution in [0.5, 0.6) is 0 Å². The van der Waals surface area contributed by atoms with E-state index in [2.05, 4.69) is 10.6 Å². The number of amides is 1. The van der Waals surface area contributed by atoms with Crippen LogP contribution in [0.2, 0.25) is 0 Å². The van der Waals surface area contributed by atoms with Crippen LogP contribution in [-0.2, 0) is 14.8 Å². The van der Waals surface area contributed by atoms with Crippen molar-refractivity contribution in [2.75, 3.05) is 10.6 Å². The first-order chi connectivity index (χ1) is 11.8. The summed E-state index contributed by atoms with van der Waals surface area (Å²) in [6, 6.07) is 12.6. The molecule has 0 heterocycles. The van der Waals surface area contributed by atoms with Crippen molar-refractivity contribution in [3.05, 3.63) is 66.1 Å². The van der Waals surface area contributed by atoms with Gasteiger partial charge in [0.25, 0.3) is 5.91 Å². The van der Waals surface area contributed by atoms with Crippen LogP contribution in [0.15, 0.2) is 65.2 Å². The molecule has 2 aromatic rings. The molecule has 25 heavy (non-hydrogen) atoms. The first-order valence-corrected chi connectivity index (χ1v) is 8.41. The third kappa shape index (κ3) is 4.87. The Hall–Kier alpha value is -3.22. The van der Waals surface area contributed by atoms with Gasteiger partial charge in [0, 0.05) is 11.9 Å². The molecule has 0 saturated carbocycles. The highest BCUT2D eigenvalue weighted by molar-refractivity contribution is 7.89. The summed E-state index contributed by atoms with van der Waals surface area (Å²) < 4.78 is 35.8. The van der Waals surface area contributed by atoms with Gasteiger partial charge in [0.2, 0.25) is 10.0 Å². The Bertz CT molecular complexity index is 964. The maximum absolute atomic E-state index is 13.5. The van der Waals surface area contributed by atoms with Crippen molar-refractivity contribution in [1.29, 1.82) is 5.26 Å². The fraction of sp³-hybridized carbons (Fsp3) is 0. The third-order valence-corrected chi connectivity index (χ3v) is 3.98. The molecule has 0 aliphatic rings. The number of halogens is 1. The van der Waals surface area contributed by atoms with Gasteiger partial charge in [-0.25, -0.2) is 17.9 Å². The van der Waals surface area contributed by atoms with E-state index in [1.807, 2.05) is 0 Å². The summed E-state index contributed by atoms with van der Waals surface area (Å²) in [7, 11) is -3.83. The van der Waals surface area contributed by atoms with Gasteiger partial charge in [-0.3, -0.25) is 4.79 Å². The van der Waals surface area contributed by atoms with E-state index >= 15 is 0 Å². The van der Waals surface area contributed by atoms with Gasteiger partial charge in [-0.1, -0.05) is 12.1 Å². The predicted octanol–water partition coefficient (Wildman–Crippen LogP) is 1.93. The lowest BCUT2D eigenvalue weighted by atomic mass is 10.2. The SMILES string of the molecule is N#C/C(=C/Nc1ccccc1F)C(=O)Nc1ccc(S(N)(=O)=O)cc1. The van der Waals surface area contributed by atoms with E-state index in [0.29, 0.717) is 0 Å². The zero-order chi connectivity index (χ0) is 18.4. The normalized spacial score (nSPS) is 11.5. The second kappa shape index (κ2) is 7.57. The molecule has 1 amide bonds. The maximum Gasteiger partial charge on any atom is 0.267 e. The quantitative estimate of drug-likeness (QED) is 0.555. The van der Waals surface area contributed by atoms with E-state index in [4.69, 9.17) is 10.4 Å². The molecule has 0 radical (unpaired) electrons. The fourth-order valence-electron chi connectivity index (χ4n) is 1.80. The number of para-hydroxylation sites is 1. The summed E-state index contributed by atoms with van der Waals surface area (Å²) in [5.41, 5.74) is 0.0868. The molecule has 4 N–H and O–H groups in total. The van der Waals surface area contributed by atoms with Crippen molar-refractivity contribution in [3.8, 4) is 6.07 Å². The number of nitrogens with two attached hydrogens (primary N) is 1. The molecule has 0 atom stereocenters. The monoisotopic (exact) mass is 360 g/mol. The highest BCUT2D eigenvalue weighted by atomic mass is 32.2. The molecule has 7 nitrogen and oxygen atoms in total. The molecular weight excluding hydrogens is 347 g/mol. The fourth-order valence-corrected chi connectivity index (χ4v) is 2.32. The average molecular weight is 360 g/mol. The number of anilines is 2. The number of rotatable bonds is 5. The Morgan fingerprint density at radius 1 is 1.16 bits per heavy atom. The predicted molar refractivity (Wildman–Crippen MR) is 90.2 cm³/mol. The zero-order valence-electron chi connectivity index (χ0n) is 12.7. The van der Waals surface area contributed by atoms with Crippen LogP contribution in [0.25, 0.3) is 0 Å². The van der Waals surface area contributed by atoms with Crippen molar-refractivity contribution in [1.82, 2.24) is 0 Å². The van der Waals surface area contributed by atoms with E-state index in [-0.39, 0.29) is 21.8 Å². The standard InChI is InChI=1S/C16H13FN4O3S/c17-14-3-1-2-4-15(14)20-10-11(9-18)16(22)21-12-5-7-13(8-6-12)25(19,23)24/h1-8,10,20H,(H,21,22)(H2,19,23,24)/b11-10-. The Balaban J connectivity index is 2.11. The number of nitrogens with one attached hydrogen (secondary N) is 2. The average Bonchev–Trinajstić information content (AvgIpc) is 2.56. The number of hydrogen-bond donors (Lipinski definition) is 3. The lowest BCUT2D eigenvalue weighted by Gasteiger charge is -2.06. The smallest absolute Gasteiger partial charge is 0.267 e. The van der Waals surface area contributed by atoms with Gasteiger partial charge in [0.15, 0.2) is 0 Å². The topological polar surface area (TPSA) is 125 Å². The van der Waals surface area contributed by atoms with Crippen molar-refractivity contribution in [2.45, 2.75) is 4.90 Å². The van der Waals surface area contributed by atoms with Crippen molar-refractivity contribution in [2.24, 2.45) is 5.14 Å². The third-order valence-electron chi connectivity index (χ3n) is 3.05. The van der Waals surface area contributed by atoms with Crippen LogP contribution >= 0.6 is 0 Å². The molecule has 9 heteroatoms. The minimum atomic E-state index is -3.83. The molecular formula is C16H13FN4O3S. The summed E-state index contributed by atoms with van der Waals surface area (Å²) >= 11 is 0. The molecule has 128 valence electrons. The maximum atomic E-state index is 13.5. The van der Waals surface area contributed by atoms with Gasteiger partial charge in [-0.2, -0.15) is 5.26 Å². The summed E-state index contributed by atoms with van der Waals surface area (Å²) in [6.07, 6.45) is 1.08. The van der Waals surface area contributed by atoms with Crippen molar-refractivity contribution >= 4 is 27.3 Å². The Morgan fingerprint density at radius 3 is 2.36 bits per heavy atom. The van der Waals surface area contributed by atoms with Gasteiger partial charge in [0.05, 0.1) is 10.6 Å². The first-order valence-electron chi connectivity index (χ1n) is 6.87. The number of carbonyl (C=O) groups is 1. The summed E-state index contributed by atoms with van der Waals surface area (Å²) in [5, 5.41) is 19.0. The number of carbonyl (C=O) groups excluding carboxylic acids is 1. The van der Waals surface area contributed by atoms with Crippen LogP contribution in [0.3, 0.4) is 0 Å². The summed E-state index contributed by atoms with van der Waals surface area (Å²) in [5.74, 6) is -1.27. The van der Waals surface area contributed by atoms with Gasteiger partial charge >= 0.3 is 0 Å². The Kier molecular flexibility index (Phi) is 5.49. The van der Waals surface area contributed by atoms with Crippen LogP contribution in [-0.4, -0.2) is 14.3 Å². The zero-order valence-corrected chi connectivity index (χ0v) is 13.5. The summed E-state index contributed by atoms with van der Waals surface area (Å²) in [6.45, 7) is 0. The highest BCUT2D eigenvalue weighted by Gasteiger charge is 2.11. The van der Waals surface area contributed by atoms with Crippen molar-refractivity contribution < 1.29 is 17.6 Å². The first kappa shape index (κ1) is 18.1. The molecule has 2 rings (SSSR count). The molecule has 0 bridgehead atoms. The van der Waals surface area contributed by atoms with Crippen LogP contribution < -0.4 is 15.8 Å². The molecule has 0 saturated heterocycles. The van der Waals surface area contributed by atoms with E-state index in [1.165, 1.54) is 42.5 Å². The largest absolute Gasteiger partial charge is 0.358 e. The lowest BCUT2D eigenvalue weighted by molar-refractivity contribution is -0.112.